The molecule has 11 heteroatoms. The van der Waals surface area contributed by atoms with E-state index in [-0.39, 0.29) is 12.8 Å². The van der Waals surface area contributed by atoms with Crippen LogP contribution in [0.2, 0.25) is 0 Å². The largest absolute Gasteiger partial charge is 0.472 e. The topological polar surface area (TPSA) is 149 Å². The second-order valence-electron chi connectivity index (χ2n) is 14.7. The zero-order chi connectivity index (χ0) is 43.3. The van der Waals surface area contributed by atoms with Gasteiger partial charge in [0.1, 0.15) is 12.2 Å². The number of phosphoric acid groups is 1. The number of esters is 2. The van der Waals surface area contributed by atoms with E-state index in [1.165, 1.54) is 70.6 Å². The standard InChI is InChI=1S/C48H81O10P/c1-3-5-7-9-11-13-15-17-19-20-21-22-23-24-26-28-30-32-34-36-38-40-48(52)58-46(42-50)44-56-59(53,54)55-43-45(41-49)57-47(51)39-37-35-33-31-29-27-25-18-16-14-12-10-8-6-4-2/h6,8,12,14-15,17-18,20-21,25,29,31,35,37,45-46,49-50H,3-5,7,9-11,13,16,19,22-24,26-28,30,32-34,36,38-44H2,1-2H3,(H,53,54)/b8-6-,14-12-,17-15-,21-20-,25-18-,31-29-,37-35-. The molecule has 3 atom stereocenters. The zero-order valence-electron chi connectivity index (χ0n) is 36.7. The minimum Gasteiger partial charge on any atom is -0.457 e. The van der Waals surface area contributed by atoms with Crippen molar-refractivity contribution in [3.63, 3.8) is 0 Å². The van der Waals surface area contributed by atoms with E-state index < -0.39 is 58.4 Å². The molecule has 0 fully saturated rings. The van der Waals surface area contributed by atoms with Gasteiger partial charge in [0.2, 0.25) is 0 Å². The fourth-order valence-corrected chi connectivity index (χ4v) is 6.47. The van der Waals surface area contributed by atoms with E-state index in [9.17, 15) is 29.3 Å². The third kappa shape index (κ3) is 41.7. The van der Waals surface area contributed by atoms with Crippen LogP contribution in [0.3, 0.4) is 0 Å². The van der Waals surface area contributed by atoms with Crippen LogP contribution in [0.15, 0.2) is 85.1 Å². The fraction of sp³-hybridized carbons (Fsp3) is 0.667. The number of carbonyl (C=O) groups excluding carboxylic acids is 2. The Balaban J connectivity index is 3.99. The smallest absolute Gasteiger partial charge is 0.457 e. The van der Waals surface area contributed by atoms with Crippen molar-refractivity contribution in [3.8, 4) is 0 Å². The second kappa shape index (κ2) is 43.2. The Hall–Kier alpha value is -2.85. The molecule has 0 spiro atoms. The van der Waals surface area contributed by atoms with Crippen molar-refractivity contribution in [2.75, 3.05) is 26.4 Å². The number of rotatable bonds is 41. The van der Waals surface area contributed by atoms with Crippen molar-refractivity contribution >= 4 is 19.8 Å². The summed E-state index contributed by atoms with van der Waals surface area (Å²) >= 11 is 0. The normalized spacial score (nSPS) is 14.6. The average molecular weight is 849 g/mol. The highest BCUT2D eigenvalue weighted by molar-refractivity contribution is 7.47. The minimum atomic E-state index is -4.67. The first-order valence-corrected chi connectivity index (χ1v) is 24.0. The van der Waals surface area contributed by atoms with Crippen LogP contribution in [0.4, 0.5) is 0 Å². The first-order chi connectivity index (χ1) is 28.8. The van der Waals surface area contributed by atoms with Gasteiger partial charge in [-0.3, -0.25) is 18.6 Å². The van der Waals surface area contributed by atoms with Crippen LogP contribution < -0.4 is 0 Å². The van der Waals surface area contributed by atoms with Gasteiger partial charge < -0.3 is 24.6 Å². The lowest BCUT2D eigenvalue weighted by atomic mass is 10.1. The minimum absolute atomic E-state index is 0.0442. The number of phosphoric ester groups is 1. The van der Waals surface area contributed by atoms with E-state index in [2.05, 4.69) is 74.6 Å². The highest BCUT2D eigenvalue weighted by Crippen LogP contribution is 2.43. The molecule has 0 bridgehead atoms. The molecular weight excluding hydrogens is 767 g/mol. The summed E-state index contributed by atoms with van der Waals surface area (Å²) in [5.41, 5.74) is 0. The summed E-state index contributed by atoms with van der Waals surface area (Å²) in [7, 11) is -4.67. The first kappa shape index (κ1) is 56.1. The summed E-state index contributed by atoms with van der Waals surface area (Å²) in [6, 6.07) is 0. The molecule has 3 N–H and O–H groups in total. The van der Waals surface area contributed by atoms with E-state index in [0.29, 0.717) is 12.8 Å². The van der Waals surface area contributed by atoms with Gasteiger partial charge in [0.15, 0.2) is 0 Å². The summed E-state index contributed by atoms with van der Waals surface area (Å²) in [5.74, 6) is -1.16. The van der Waals surface area contributed by atoms with Crippen LogP contribution in [0.5, 0.6) is 0 Å². The molecule has 0 aliphatic heterocycles. The molecule has 0 radical (unpaired) electrons. The molecule has 3 unspecified atom stereocenters. The van der Waals surface area contributed by atoms with Gasteiger partial charge in [0, 0.05) is 6.42 Å². The summed E-state index contributed by atoms with van der Waals surface area (Å²) < 4.78 is 32.5. The van der Waals surface area contributed by atoms with E-state index in [4.69, 9.17) is 18.5 Å². The van der Waals surface area contributed by atoms with E-state index in [1.807, 2.05) is 18.2 Å². The van der Waals surface area contributed by atoms with Crippen LogP contribution >= 0.6 is 7.82 Å². The van der Waals surface area contributed by atoms with Gasteiger partial charge in [-0.15, -0.1) is 0 Å². The summed E-state index contributed by atoms with van der Waals surface area (Å²) in [6.07, 6.45) is 51.6. The van der Waals surface area contributed by atoms with Crippen molar-refractivity contribution in [2.45, 2.75) is 180 Å². The van der Waals surface area contributed by atoms with E-state index in [1.54, 1.807) is 6.08 Å². The van der Waals surface area contributed by atoms with Crippen LogP contribution in [0, 0.1) is 0 Å². The van der Waals surface area contributed by atoms with Crippen LogP contribution in [0.25, 0.3) is 0 Å². The number of unbranched alkanes of at least 4 members (excludes halogenated alkanes) is 14. The van der Waals surface area contributed by atoms with Gasteiger partial charge in [-0.1, -0.05) is 170 Å². The number of aliphatic hydroxyl groups excluding tert-OH is 2. The lowest BCUT2D eigenvalue weighted by molar-refractivity contribution is -0.153. The number of aliphatic hydroxyl groups is 2. The quantitative estimate of drug-likeness (QED) is 0.0235. The Morgan fingerprint density at radius 2 is 0.864 bits per heavy atom. The predicted molar refractivity (Wildman–Crippen MR) is 242 cm³/mol. The van der Waals surface area contributed by atoms with Gasteiger partial charge in [0.05, 0.1) is 32.8 Å². The average Bonchev–Trinajstić information content (AvgIpc) is 3.22. The van der Waals surface area contributed by atoms with Crippen molar-refractivity contribution in [1.82, 2.24) is 0 Å². The Kier molecular flexibility index (Phi) is 41.2. The molecule has 0 aromatic heterocycles. The summed E-state index contributed by atoms with van der Waals surface area (Å²) in [5, 5.41) is 19.2. The predicted octanol–water partition coefficient (Wildman–Crippen LogP) is 12.2. The lowest BCUT2D eigenvalue weighted by Gasteiger charge is -2.20. The maximum absolute atomic E-state index is 12.4. The Morgan fingerprint density at radius 1 is 0.492 bits per heavy atom. The van der Waals surface area contributed by atoms with E-state index >= 15 is 0 Å². The number of ether oxygens (including phenoxy) is 2. The molecule has 0 saturated heterocycles. The molecule has 0 heterocycles. The molecule has 0 aliphatic rings. The van der Waals surface area contributed by atoms with Gasteiger partial charge in [-0.2, -0.15) is 0 Å². The third-order valence-corrected chi connectivity index (χ3v) is 10.1. The Morgan fingerprint density at radius 3 is 1.31 bits per heavy atom. The third-order valence-electron chi connectivity index (χ3n) is 9.12. The van der Waals surface area contributed by atoms with Crippen LogP contribution in [0.1, 0.15) is 168 Å². The monoisotopic (exact) mass is 849 g/mol. The lowest BCUT2D eigenvalue weighted by Crippen LogP contribution is -2.28. The molecular formula is C48H81O10P. The molecule has 0 aromatic rings. The molecule has 10 nitrogen and oxygen atoms in total. The number of hydrogen-bond donors (Lipinski definition) is 3. The highest BCUT2D eigenvalue weighted by atomic mass is 31.2. The molecule has 0 aliphatic carbocycles. The van der Waals surface area contributed by atoms with Crippen LogP contribution in [-0.2, 0) is 32.7 Å². The second-order valence-corrected chi connectivity index (χ2v) is 16.1. The zero-order valence-corrected chi connectivity index (χ0v) is 37.6. The highest BCUT2D eigenvalue weighted by Gasteiger charge is 2.27. The fourth-order valence-electron chi connectivity index (χ4n) is 5.69. The van der Waals surface area contributed by atoms with Gasteiger partial charge in [-0.25, -0.2) is 4.57 Å². The molecule has 59 heavy (non-hydrogen) atoms. The van der Waals surface area contributed by atoms with Gasteiger partial charge in [0.25, 0.3) is 0 Å². The molecule has 0 rings (SSSR count). The molecule has 0 saturated carbocycles. The SMILES string of the molecule is CC/C=C\C/C=C\C/C=C\C/C=C\C/C=C\CC(=O)OC(CO)COP(=O)(O)OCC(CO)OC(=O)CCCCCCCCCCC/C=C\C/C=C\CCCCCCC. The molecule has 0 aromatic carbocycles. The van der Waals surface area contributed by atoms with Crippen molar-refractivity contribution in [3.05, 3.63) is 85.1 Å². The summed E-state index contributed by atoms with van der Waals surface area (Å²) in [4.78, 5) is 34.5. The number of allylic oxidation sites excluding steroid dienone is 13. The first-order valence-electron chi connectivity index (χ1n) is 22.5. The maximum Gasteiger partial charge on any atom is 0.472 e. The Bertz CT molecular complexity index is 1250. The maximum atomic E-state index is 12.4. The van der Waals surface area contributed by atoms with Gasteiger partial charge in [-0.05, 0) is 70.6 Å². The van der Waals surface area contributed by atoms with Crippen molar-refractivity contribution in [2.24, 2.45) is 0 Å². The Labute approximate surface area is 358 Å². The number of hydrogen-bond acceptors (Lipinski definition) is 9. The molecule has 338 valence electrons. The van der Waals surface area contributed by atoms with E-state index in [0.717, 1.165) is 57.8 Å². The van der Waals surface area contributed by atoms with Crippen molar-refractivity contribution < 1.29 is 47.8 Å². The van der Waals surface area contributed by atoms with Gasteiger partial charge >= 0.3 is 19.8 Å². The summed E-state index contributed by atoms with van der Waals surface area (Å²) in [6.45, 7) is 1.96. The number of carbonyl (C=O) groups is 2. The van der Waals surface area contributed by atoms with Crippen LogP contribution in [-0.4, -0.2) is 65.7 Å². The van der Waals surface area contributed by atoms with Crippen molar-refractivity contribution in [1.29, 1.82) is 0 Å². The molecule has 0 amide bonds.